The summed E-state index contributed by atoms with van der Waals surface area (Å²) in [5.74, 6) is -0.0231. The van der Waals surface area contributed by atoms with Crippen molar-refractivity contribution in [2.45, 2.75) is 34.1 Å². The van der Waals surface area contributed by atoms with Crippen molar-refractivity contribution in [3.05, 3.63) is 0 Å². The standard InChI is InChI=1S/C7H12O2.C2H6O/c1-5(2)7(9)4-6(3)8;1-2-3/h5H,4H2,1-3H3;3H,2H2,1H3. The van der Waals surface area contributed by atoms with E-state index in [0.29, 0.717) is 0 Å². The number of hydrogen-bond acceptors (Lipinski definition) is 3. The number of aliphatic hydroxyl groups is 1. The van der Waals surface area contributed by atoms with Gasteiger partial charge in [-0.25, -0.2) is 0 Å². The summed E-state index contributed by atoms with van der Waals surface area (Å²) in [5.41, 5.74) is 0. The molecule has 0 aromatic carbocycles. The van der Waals surface area contributed by atoms with Crippen LogP contribution in [0.1, 0.15) is 34.1 Å². The third kappa shape index (κ3) is 12.0. The molecule has 0 aliphatic carbocycles. The number of carbonyl (C=O) groups is 2. The first-order chi connectivity index (χ1) is 5.45. The van der Waals surface area contributed by atoms with E-state index in [0.717, 1.165) is 0 Å². The van der Waals surface area contributed by atoms with E-state index in [-0.39, 0.29) is 30.5 Å². The summed E-state index contributed by atoms with van der Waals surface area (Å²) >= 11 is 0. The van der Waals surface area contributed by atoms with Crippen molar-refractivity contribution in [1.29, 1.82) is 0 Å². The van der Waals surface area contributed by atoms with Crippen molar-refractivity contribution >= 4 is 11.6 Å². The number of aliphatic hydroxyl groups excluding tert-OH is 1. The van der Waals surface area contributed by atoms with Crippen LogP contribution < -0.4 is 0 Å². The molecule has 0 aromatic rings. The van der Waals surface area contributed by atoms with Gasteiger partial charge in [0.15, 0.2) is 0 Å². The minimum absolute atomic E-state index is 0.00565. The Morgan fingerprint density at radius 3 is 1.75 bits per heavy atom. The Balaban J connectivity index is 0. The molecule has 0 fully saturated rings. The number of hydrogen-bond donors (Lipinski definition) is 1. The fraction of sp³-hybridized carbons (Fsp3) is 0.778. The molecule has 3 nitrogen and oxygen atoms in total. The van der Waals surface area contributed by atoms with Crippen LogP contribution in [0.5, 0.6) is 0 Å². The van der Waals surface area contributed by atoms with Gasteiger partial charge in [0, 0.05) is 12.5 Å². The second-order valence-corrected chi connectivity index (χ2v) is 2.82. The van der Waals surface area contributed by atoms with Crippen LogP contribution >= 0.6 is 0 Å². The van der Waals surface area contributed by atoms with Crippen LogP contribution in [0, 0.1) is 5.92 Å². The van der Waals surface area contributed by atoms with Gasteiger partial charge in [-0.15, -0.1) is 0 Å². The SMILES string of the molecule is CC(=O)CC(=O)C(C)C.CCO. The van der Waals surface area contributed by atoms with Gasteiger partial charge in [0.25, 0.3) is 0 Å². The van der Waals surface area contributed by atoms with E-state index in [9.17, 15) is 9.59 Å². The molecule has 0 unspecified atom stereocenters. The molecule has 0 saturated heterocycles. The van der Waals surface area contributed by atoms with Crippen molar-refractivity contribution in [3.63, 3.8) is 0 Å². The maximum Gasteiger partial charge on any atom is 0.142 e. The summed E-state index contributed by atoms with van der Waals surface area (Å²) in [6.45, 7) is 6.96. The lowest BCUT2D eigenvalue weighted by atomic mass is 10.1. The predicted octanol–water partition coefficient (Wildman–Crippen LogP) is 1.19. The van der Waals surface area contributed by atoms with E-state index < -0.39 is 0 Å². The fourth-order valence-corrected chi connectivity index (χ4v) is 0.449. The minimum atomic E-state index is -0.0475. The summed E-state index contributed by atoms with van der Waals surface area (Å²) in [7, 11) is 0. The van der Waals surface area contributed by atoms with Gasteiger partial charge in [-0.3, -0.25) is 9.59 Å². The second-order valence-electron chi connectivity index (χ2n) is 2.82. The molecule has 12 heavy (non-hydrogen) atoms. The highest BCUT2D eigenvalue weighted by atomic mass is 16.2. The Bertz CT molecular complexity index is 139. The smallest absolute Gasteiger partial charge is 0.142 e. The zero-order valence-electron chi connectivity index (χ0n) is 8.26. The quantitative estimate of drug-likeness (QED) is 0.654. The molecular formula is C9H18O3. The van der Waals surface area contributed by atoms with Crippen molar-refractivity contribution in [3.8, 4) is 0 Å². The largest absolute Gasteiger partial charge is 0.397 e. The second kappa shape index (κ2) is 8.40. The van der Waals surface area contributed by atoms with E-state index in [4.69, 9.17) is 5.11 Å². The van der Waals surface area contributed by atoms with Crippen molar-refractivity contribution in [1.82, 2.24) is 0 Å². The van der Waals surface area contributed by atoms with Gasteiger partial charge in [0.05, 0.1) is 6.42 Å². The number of rotatable bonds is 3. The minimum Gasteiger partial charge on any atom is -0.397 e. The van der Waals surface area contributed by atoms with Gasteiger partial charge in [0.2, 0.25) is 0 Å². The van der Waals surface area contributed by atoms with Crippen LogP contribution in [0.15, 0.2) is 0 Å². The first kappa shape index (κ1) is 13.9. The average Bonchev–Trinajstić information content (AvgIpc) is 1.87. The zero-order valence-corrected chi connectivity index (χ0v) is 8.26. The van der Waals surface area contributed by atoms with Crippen LogP contribution in [0.3, 0.4) is 0 Å². The highest BCUT2D eigenvalue weighted by molar-refractivity contribution is 5.98. The van der Waals surface area contributed by atoms with E-state index in [1.807, 2.05) is 0 Å². The van der Waals surface area contributed by atoms with Crippen LogP contribution in [-0.4, -0.2) is 23.3 Å². The molecule has 1 N–H and O–H groups in total. The Morgan fingerprint density at radius 1 is 1.33 bits per heavy atom. The first-order valence-electron chi connectivity index (χ1n) is 4.08. The topological polar surface area (TPSA) is 54.4 Å². The van der Waals surface area contributed by atoms with Gasteiger partial charge in [0.1, 0.15) is 11.6 Å². The number of ketones is 2. The molecule has 0 bridgehead atoms. The molecule has 0 saturated carbocycles. The normalized spacial score (nSPS) is 8.83. The maximum atomic E-state index is 10.7. The van der Waals surface area contributed by atoms with Gasteiger partial charge >= 0.3 is 0 Å². The van der Waals surface area contributed by atoms with Gasteiger partial charge < -0.3 is 5.11 Å². The van der Waals surface area contributed by atoms with Crippen molar-refractivity contribution < 1.29 is 14.7 Å². The van der Waals surface area contributed by atoms with E-state index >= 15 is 0 Å². The summed E-state index contributed by atoms with van der Waals surface area (Å²) < 4.78 is 0. The Hall–Kier alpha value is -0.700. The molecule has 0 aliphatic heterocycles. The predicted molar refractivity (Wildman–Crippen MR) is 47.9 cm³/mol. The zero-order chi connectivity index (χ0) is 10.1. The maximum absolute atomic E-state index is 10.7. The summed E-state index contributed by atoms with van der Waals surface area (Å²) in [6.07, 6.45) is 0.0949. The van der Waals surface area contributed by atoms with E-state index in [1.54, 1.807) is 20.8 Å². The van der Waals surface area contributed by atoms with Gasteiger partial charge in [-0.2, -0.15) is 0 Å². The molecule has 0 amide bonds. The van der Waals surface area contributed by atoms with Crippen LogP contribution in [0.25, 0.3) is 0 Å². The monoisotopic (exact) mass is 174 g/mol. The highest BCUT2D eigenvalue weighted by Gasteiger charge is 2.08. The fourth-order valence-electron chi connectivity index (χ4n) is 0.449. The molecule has 0 aromatic heterocycles. The summed E-state index contributed by atoms with van der Waals surface area (Å²) in [4.78, 5) is 21.1. The Morgan fingerprint density at radius 2 is 1.67 bits per heavy atom. The third-order valence-electron chi connectivity index (χ3n) is 1.07. The van der Waals surface area contributed by atoms with Crippen LogP contribution in [0.2, 0.25) is 0 Å². The lowest BCUT2D eigenvalue weighted by Gasteiger charge is -1.98. The first-order valence-corrected chi connectivity index (χ1v) is 4.08. The summed E-state index contributed by atoms with van der Waals surface area (Å²) in [5, 5.41) is 7.57. The Kier molecular flexibility index (Phi) is 9.70. The molecule has 0 radical (unpaired) electrons. The van der Waals surface area contributed by atoms with Crippen molar-refractivity contribution in [2.75, 3.05) is 6.61 Å². The van der Waals surface area contributed by atoms with E-state index in [1.165, 1.54) is 6.92 Å². The molecular weight excluding hydrogens is 156 g/mol. The molecule has 0 rings (SSSR count). The number of Topliss-reactive ketones (excluding diaryl/α,β-unsaturated/α-hetero) is 2. The van der Waals surface area contributed by atoms with Gasteiger partial charge in [-0.05, 0) is 13.8 Å². The third-order valence-corrected chi connectivity index (χ3v) is 1.07. The van der Waals surface area contributed by atoms with Crippen molar-refractivity contribution in [2.24, 2.45) is 5.92 Å². The van der Waals surface area contributed by atoms with E-state index in [2.05, 4.69) is 0 Å². The molecule has 3 heteroatoms. The average molecular weight is 174 g/mol. The Labute approximate surface area is 73.8 Å². The molecule has 0 atom stereocenters. The van der Waals surface area contributed by atoms with Crippen LogP contribution in [0.4, 0.5) is 0 Å². The van der Waals surface area contributed by atoms with Crippen LogP contribution in [-0.2, 0) is 9.59 Å². The molecule has 0 spiro atoms. The lowest BCUT2D eigenvalue weighted by molar-refractivity contribution is -0.127. The summed E-state index contributed by atoms with van der Waals surface area (Å²) in [6, 6.07) is 0. The molecule has 0 heterocycles. The number of carbonyl (C=O) groups excluding carboxylic acids is 2. The highest BCUT2D eigenvalue weighted by Crippen LogP contribution is 1.98. The lowest BCUT2D eigenvalue weighted by Crippen LogP contribution is -2.10. The molecule has 72 valence electrons. The van der Waals surface area contributed by atoms with Gasteiger partial charge in [-0.1, -0.05) is 13.8 Å². The molecule has 0 aliphatic rings.